The molecule has 0 saturated heterocycles. The Morgan fingerprint density at radius 2 is 2.27 bits per heavy atom. The zero-order valence-corrected chi connectivity index (χ0v) is 16.1. The molecule has 1 aromatic carbocycles. The Hall–Kier alpha value is -2.08. The van der Waals surface area contributed by atoms with Crippen molar-refractivity contribution in [2.24, 2.45) is 5.92 Å². The Bertz CT molecular complexity index is 800. The second-order valence-electron chi connectivity index (χ2n) is 7.11. The van der Waals surface area contributed by atoms with Crippen LogP contribution in [0.2, 0.25) is 0 Å². The number of carbonyl (C=O) groups excluding carboxylic acids is 1. The molecule has 2 aromatic rings. The molecule has 6 heteroatoms. The monoisotopic (exact) mass is 371 g/mol. The second kappa shape index (κ2) is 7.27. The van der Waals surface area contributed by atoms with Crippen LogP contribution in [0.25, 0.3) is 10.6 Å². The first-order valence-corrected chi connectivity index (χ1v) is 10.2. The Morgan fingerprint density at radius 3 is 3.00 bits per heavy atom. The molecule has 2 heterocycles. The van der Waals surface area contributed by atoms with Crippen LogP contribution in [-0.4, -0.2) is 37.1 Å². The van der Waals surface area contributed by atoms with Crippen molar-refractivity contribution >= 4 is 22.2 Å². The van der Waals surface area contributed by atoms with Crippen molar-refractivity contribution in [1.29, 1.82) is 0 Å². The molecule has 1 aliphatic heterocycles. The molecule has 5 nitrogen and oxygen atoms in total. The molecule has 0 radical (unpaired) electrons. The first kappa shape index (κ1) is 17.3. The van der Waals surface area contributed by atoms with E-state index in [1.165, 1.54) is 17.8 Å². The highest BCUT2D eigenvalue weighted by Crippen LogP contribution is 2.44. The number of methoxy groups -OCH3 is 1. The number of fused-ring (bicyclic) bond motifs is 1. The standard InChI is InChI=1S/C20H25N3O2S/c1-3-9-21-18(24)17-11-16-20(23(17)12-13-7-8-13)26-19(22-16)14-5-4-6-15(10-14)25-2/h4-6,10,13,17H,3,7-9,11-12H2,1-2H3,(H,21,24). The summed E-state index contributed by atoms with van der Waals surface area (Å²) >= 11 is 1.70. The number of nitrogens with zero attached hydrogens (tertiary/aromatic N) is 2. The number of nitrogens with one attached hydrogen (secondary N) is 1. The van der Waals surface area contributed by atoms with Gasteiger partial charge in [-0.2, -0.15) is 0 Å². The fraction of sp³-hybridized carbons (Fsp3) is 0.500. The van der Waals surface area contributed by atoms with E-state index in [-0.39, 0.29) is 11.9 Å². The minimum absolute atomic E-state index is 0.102. The zero-order valence-electron chi connectivity index (χ0n) is 15.3. The highest BCUT2D eigenvalue weighted by Gasteiger charge is 2.40. The summed E-state index contributed by atoms with van der Waals surface area (Å²) in [7, 11) is 1.68. The Balaban J connectivity index is 1.60. The normalized spacial score (nSPS) is 18.7. The average Bonchev–Trinajstić information content (AvgIpc) is 3.29. The maximum Gasteiger partial charge on any atom is 0.243 e. The molecular weight excluding hydrogens is 346 g/mol. The molecule has 1 fully saturated rings. The van der Waals surface area contributed by atoms with E-state index < -0.39 is 0 Å². The van der Waals surface area contributed by atoms with Gasteiger partial charge >= 0.3 is 0 Å². The van der Waals surface area contributed by atoms with Crippen LogP contribution in [0.15, 0.2) is 24.3 Å². The Kier molecular flexibility index (Phi) is 4.85. The van der Waals surface area contributed by atoms with Crippen LogP contribution in [0, 0.1) is 5.92 Å². The van der Waals surface area contributed by atoms with Crippen LogP contribution < -0.4 is 15.0 Å². The number of amides is 1. The lowest BCUT2D eigenvalue weighted by Crippen LogP contribution is -2.46. The fourth-order valence-electron chi connectivity index (χ4n) is 3.40. The topological polar surface area (TPSA) is 54.5 Å². The zero-order chi connectivity index (χ0) is 18.1. The molecule has 1 unspecified atom stereocenters. The van der Waals surface area contributed by atoms with Gasteiger partial charge in [0.05, 0.1) is 12.8 Å². The summed E-state index contributed by atoms with van der Waals surface area (Å²) in [5.74, 6) is 1.70. The molecule has 4 rings (SSSR count). The highest BCUT2D eigenvalue weighted by atomic mass is 32.1. The van der Waals surface area contributed by atoms with Gasteiger partial charge in [0.1, 0.15) is 21.8 Å². The lowest BCUT2D eigenvalue weighted by molar-refractivity contribution is -0.122. The third kappa shape index (κ3) is 3.43. The Labute approximate surface area is 158 Å². The minimum atomic E-state index is -0.102. The van der Waals surface area contributed by atoms with Gasteiger partial charge in [0.2, 0.25) is 5.91 Å². The molecular formula is C20H25N3O2S. The summed E-state index contributed by atoms with van der Waals surface area (Å²) in [4.78, 5) is 19.8. The van der Waals surface area contributed by atoms with Crippen LogP contribution in [-0.2, 0) is 11.2 Å². The smallest absolute Gasteiger partial charge is 0.243 e. The maximum atomic E-state index is 12.6. The predicted octanol–water partition coefficient (Wildman–Crippen LogP) is 3.49. The van der Waals surface area contributed by atoms with Crippen molar-refractivity contribution in [2.75, 3.05) is 25.1 Å². The minimum Gasteiger partial charge on any atom is -0.497 e. The molecule has 0 bridgehead atoms. The van der Waals surface area contributed by atoms with E-state index in [1.807, 2.05) is 18.2 Å². The SMILES string of the molecule is CCCNC(=O)C1Cc2nc(-c3cccc(OC)c3)sc2N1CC1CC1. The molecule has 138 valence electrons. The van der Waals surface area contributed by atoms with Gasteiger partial charge in [-0.3, -0.25) is 4.79 Å². The van der Waals surface area contributed by atoms with Crippen molar-refractivity contribution < 1.29 is 9.53 Å². The number of hydrogen-bond acceptors (Lipinski definition) is 5. The molecule has 0 spiro atoms. The van der Waals surface area contributed by atoms with Crippen molar-refractivity contribution in [2.45, 2.75) is 38.6 Å². The lowest BCUT2D eigenvalue weighted by Gasteiger charge is -2.25. The van der Waals surface area contributed by atoms with Gasteiger partial charge < -0.3 is 15.0 Å². The van der Waals surface area contributed by atoms with Gasteiger partial charge in [-0.05, 0) is 37.3 Å². The van der Waals surface area contributed by atoms with Gasteiger partial charge in [0.25, 0.3) is 0 Å². The molecule has 1 aromatic heterocycles. The molecule has 26 heavy (non-hydrogen) atoms. The summed E-state index contributed by atoms with van der Waals surface area (Å²) in [5, 5.41) is 5.24. The third-order valence-electron chi connectivity index (χ3n) is 5.02. The fourth-order valence-corrected chi connectivity index (χ4v) is 4.55. The van der Waals surface area contributed by atoms with Crippen LogP contribution in [0.5, 0.6) is 5.75 Å². The number of anilines is 1. The molecule has 2 aliphatic rings. The summed E-state index contributed by atoms with van der Waals surface area (Å²) in [6.45, 7) is 3.79. The quantitative estimate of drug-likeness (QED) is 0.809. The maximum absolute atomic E-state index is 12.6. The second-order valence-corrected chi connectivity index (χ2v) is 8.09. The third-order valence-corrected chi connectivity index (χ3v) is 6.20. The van der Waals surface area contributed by atoms with Crippen molar-refractivity contribution in [3.8, 4) is 16.3 Å². The van der Waals surface area contributed by atoms with Gasteiger partial charge in [-0.15, -0.1) is 0 Å². The van der Waals surface area contributed by atoms with Crippen LogP contribution >= 0.6 is 11.3 Å². The van der Waals surface area contributed by atoms with E-state index in [2.05, 4.69) is 23.2 Å². The van der Waals surface area contributed by atoms with E-state index in [0.29, 0.717) is 6.42 Å². The summed E-state index contributed by atoms with van der Waals surface area (Å²) < 4.78 is 5.34. The predicted molar refractivity (Wildman–Crippen MR) is 105 cm³/mol. The molecule has 1 atom stereocenters. The lowest BCUT2D eigenvalue weighted by atomic mass is 10.2. The van der Waals surface area contributed by atoms with E-state index >= 15 is 0 Å². The number of aromatic nitrogens is 1. The Morgan fingerprint density at radius 1 is 1.42 bits per heavy atom. The first-order valence-electron chi connectivity index (χ1n) is 9.38. The highest BCUT2D eigenvalue weighted by molar-refractivity contribution is 7.19. The molecule has 1 N–H and O–H groups in total. The van der Waals surface area contributed by atoms with Gasteiger partial charge in [0, 0.05) is 25.1 Å². The van der Waals surface area contributed by atoms with Gasteiger partial charge in [0.15, 0.2) is 0 Å². The summed E-state index contributed by atoms with van der Waals surface area (Å²) in [6, 6.07) is 7.91. The van der Waals surface area contributed by atoms with Gasteiger partial charge in [-0.25, -0.2) is 4.98 Å². The van der Waals surface area contributed by atoms with E-state index in [0.717, 1.165) is 47.4 Å². The number of benzene rings is 1. The molecule has 1 amide bonds. The number of hydrogen-bond donors (Lipinski definition) is 1. The summed E-state index contributed by atoms with van der Waals surface area (Å²) in [5.41, 5.74) is 2.13. The summed E-state index contributed by atoms with van der Waals surface area (Å²) in [6.07, 6.45) is 4.21. The number of carbonyl (C=O) groups is 1. The largest absolute Gasteiger partial charge is 0.497 e. The van der Waals surface area contributed by atoms with Crippen molar-refractivity contribution in [3.05, 3.63) is 30.0 Å². The number of thiazole rings is 1. The average molecular weight is 372 g/mol. The van der Waals surface area contributed by atoms with Crippen LogP contribution in [0.4, 0.5) is 5.00 Å². The molecule has 1 aliphatic carbocycles. The van der Waals surface area contributed by atoms with E-state index in [1.54, 1.807) is 18.4 Å². The number of ether oxygens (including phenoxy) is 1. The number of rotatable bonds is 7. The van der Waals surface area contributed by atoms with E-state index in [9.17, 15) is 4.79 Å². The van der Waals surface area contributed by atoms with Crippen LogP contribution in [0.1, 0.15) is 31.9 Å². The van der Waals surface area contributed by atoms with Crippen molar-refractivity contribution in [3.63, 3.8) is 0 Å². The van der Waals surface area contributed by atoms with Crippen molar-refractivity contribution in [1.82, 2.24) is 10.3 Å². The van der Waals surface area contributed by atoms with E-state index in [4.69, 9.17) is 9.72 Å². The van der Waals surface area contributed by atoms with Crippen LogP contribution in [0.3, 0.4) is 0 Å². The van der Waals surface area contributed by atoms with Gasteiger partial charge in [-0.1, -0.05) is 30.4 Å². The molecule has 1 saturated carbocycles. The first-order chi connectivity index (χ1) is 12.7.